The summed E-state index contributed by atoms with van der Waals surface area (Å²) in [5.74, 6) is 0. The van der Waals surface area contributed by atoms with Gasteiger partial charge in [-0.1, -0.05) is 144 Å². The van der Waals surface area contributed by atoms with E-state index in [0.717, 1.165) is 24.9 Å². The fraction of sp³-hybridized carbons (Fsp3) is 0.204. The predicted octanol–water partition coefficient (Wildman–Crippen LogP) is 15.1. The third kappa shape index (κ3) is 6.04. The molecular weight excluding hydrogens is 709 g/mol. The quantitative estimate of drug-likeness (QED) is 0.123. The molecule has 3 aliphatic heterocycles. The first kappa shape index (κ1) is 38.2. The van der Waals surface area contributed by atoms with Crippen molar-refractivity contribution in [3.63, 3.8) is 0 Å². The smallest absolute Gasteiger partial charge is 0.0755 e. The minimum Gasteiger partial charge on any atom is -0.350 e. The molecule has 2 atom stereocenters. The Hall–Kier alpha value is -5.73. The molecule has 5 aromatic rings. The van der Waals surface area contributed by atoms with Crippen molar-refractivity contribution >= 4 is 40.0 Å². The standard InChI is InChI=1S/C50H40N2S.2C2H6/c1-4-5-7-26-46-39-31-44-48-47(49(39)53-46)33(2)17-14-15-29-52(48)45-25-13-12-24-42(45)50(44)41-23-11-10-22-37(41)38-28-27-36(30-43(38)50)51(3)32-40(35-20-16-21-35)34-18-8-6-9-19-34;2*1-2/h4-13,15-16,18-19,22-32,46H,2,14,17,20H2,1,3H3;2*1-2H3/b5-4-,26-7-,29-15-,40-32+;;. The van der Waals surface area contributed by atoms with Gasteiger partial charge in [-0.2, -0.15) is 0 Å². The van der Waals surface area contributed by atoms with Crippen molar-refractivity contribution in [2.45, 2.75) is 69.4 Å². The summed E-state index contributed by atoms with van der Waals surface area (Å²) >= 11 is 1.98. The van der Waals surface area contributed by atoms with E-state index in [1.807, 2.05) is 39.5 Å². The molecular formula is C54H52N2S. The van der Waals surface area contributed by atoms with Crippen LogP contribution < -0.4 is 9.80 Å². The molecule has 5 aromatic carbocycles. The number of rotatable bonds is 6. The second-order valence-electron chi connectivity index (χ2n) is 14.5. The van der Waals surface area contributed by atoms with E-state index in [-0.39, 0.29) is 0 Å². The Kier molecular flexibility index (Phi) is 10.7. The lowest BCUT2D eigenvalue weighted by Crippen LogP contribution is -2.37. The molecule has 5 aliphatic rings. The van der Waals surface area contributed by atoms with Gasteiger partial charge in [0, 0.05) is 53.2 Å². The Balaban J connectivity index is 0.00000110. The van der Waals surface area contributed by atoms with Gasteiger partial charge >= 0.3 is 0 Å². The summed E-state index contributed by atoms with van der Waals surface area (Å²) < 4.78 is 0. The van der Waals surface area contributed by atoms with Gasteiger partial charge in [-0.3, -0.25) is 0 Å². The Morgan fingerprint density at radius 3 is 2.32 bits per heavy atom. The number of anilines is 3. The minimum absolute atomic E-state index is 0.296. The lowest BCUT2D eigenvalue weighted by Gasteiger charge is -2.47. The zero-order valence-electron chi connectivity index (χ0n) is 34.1. The van der Waals surface area contributed by atoms with Gasteiger partial charge in [0.25, 0.3) is 0 Å². The highest BCUT2D eigenvalue weighted by atomic mass is 32.2. The zero-order valence-corrected chi connectivity index (χ0v) is 35.0. The fourth-order valence-electron chi connectivity index (χ4n) is 9.09. The molecule has 3 heteroatoms. The van der Waals surface area contributed by atoms with Crippen molar-refractivity contribution in [2.75, 3.05) is 16.8 Å². The van der Waals surface area contributed by atoms with Crippen LogP contribution in [0.15, 0.2) is 175 Å². The highest BCUT2D eigenvalue weighted by molar-refractivity contribution is 8.01. The van der Waals surface area contributed by atoms with Gasteiger partial charge in [-0.25, -0.2) is 0 Å². The molecule has 0 N–H and O–H groups in total. The molecule has 10 rings (SSSR count). The second kappa shape index (κ2) is 16.0. The summed E-state index contributed by atoms with van der Waals surface area (Å²) in [5.41, 5.74) is 22.2. The number of thioether (sulfide) groups is 1. The molecule has 0 radical (unpaired) electrons. The van der Waals surface area contributed by atoms with Crippen LogP contribution >= 0.6 is 11.8 Å². The van der Waals surface area contributed by atoms with E-state index in [1.54, 1.807) is 0 Å². The highest BCUT2D eigenvalue weighted by Crippen LogP contribution is 2.67. The molecule has 0 amide bonds. The predicted molar refractivity (Wildman–Crippen MR) is 248 cm³/mol. The average Bonchev–Trinajstić information content (AvgIpc) is 3.52. The summed E-state index contributed by atoms with van der Waals surface area (Å²) in [7, 11) is 2.19. The molecule has 57 heavy (non-hydrogen) atoms. The normalized spacial score (nSPS) is 19.6. The lowest BCUT2D eigenvalue weighted by atomic mass is 9.63. The van der Waals surface area contributed by atoms with Crippen molar-refractivity contribution < 1.29 is 0 Å². The summed E-state index contributed by atoms with van der Waals surface area (Å²) in [4.78, 5) is 6.17. The minimum atomic E-state index is -0.522. The van der Waals surface area contributed by atoms with E-state index in [2.05, 4.69) is 181 Å². The molecule has 0 bridgehead atoms. The average molecular weight is 761 g/mol. The van der Waals surface area contributed by atoms with Crippen LogP contribution in [0.25, 0.3) is 22.3 Å². The molecule has 2 aliphatic carbocycles. The molecule has 1 spiro atoms. The van der Waals surface area contributed by atoms with Crippen LogP contribution in [0.5, 0.6) is 0 Å². The van der Waals surface area contributed by atoms with E-state index in [0.29, 0.717) is 5.25 Å². The van der Waals surface area contributed by atoms with Crippen molar-refractivity contribution in [1.29, 1.82) is 0 Å². The maximum Gasteiger partial charge on any atom is 0.0755 e. The first-order valence-corrected chi connectivity index (χ1v) is 21.6. The van der Waals surface area contributed by atoms with E-state index in [4.69, 9.17) is 6.58 Å². The zero-order chi connectivity index (χ0) is 39.7. The summed E-state index contributed by atoms with van der Waals surface area (Å²) in [6.45, 7) is 14.9. The fourth-order valence-corrected chi connectivity index (χ4v) is 10.3. The third-order valence-electron chi connectivity index (χ3n) is 11.6. The van der Waals surface area contributed by atoms with Crippen LogP contribution in [0.1, 0.15) is 98.1 Å². The summed E-state index contributed by atoms with van der Waals surface area (Å²) in [5, 5.41) is 0.296. The lowest BCUT2D eigenvalue weighted by molar-refractivity contribution is 0.743. The Labute approximate surface area is 344 Å². The molecule has 3 heterocycles. The summed E-state index contributed by atoms with van der Waals surface area (Å²) in [6, 6.07) is 38.7. The van der Waals surface area contributed by atoms with Crippen molar-refractivity contribution in [3.05, 3.63) is 209 Å². The SMILES string of the molecule is C=C1CC/C=C\N2c3ccccc3C3(c4ccccc4-c4ccc(N(C)/C=C(/C5=C=CC5)c5ccccc5)cc43)c3cc4c(c1c32)SC4/C=C\C=C/C.CC.CC. The number of fused-ring (bicyclic) bond motifs is 11. The second-order valence-corrected chi connectivity index (χ2v) is 15.7. The first-order chi connectivity index (χ1) is 28.1. The largest absolute Gasteiger partial charge is 0.350 e. The first-order valence-electron chi connectivity index (χ1n) is 20.7. The molecule has 0 aromatic heterocycles. The number of nitrogens with zero attached hydrogens (tertiary/aromatic N) is 2. The molecule has 284 valence electrons. The number of benzene rings is 5. The van der Waals surface area contributed by atoms with E-state index in [9.17, 15) is 0 Å². The van der Waals surface area contributed by atoms with E-state index >= 15 is 0 Å². The highest BCUT2D eigenvalue weighted by Gasteiger charge is 2.53. The van der Waals surface area contributed by atoms with Crippen molar-refractivity contribution in [2.24, 2.45) is 0 Å². The number of hydrogen-bond acceptors (Lipinski definition) is 3. The van der Waals surface area contributed by atoms with Crippen LogP contribution in [0.3, 0.4) is 0 Å². The number of allylic oxidation sites excluding steroid dienone is 7. The molecule has 2 unspecified atom stereocenters. The molecule has 2 nitrogen and oxygen atoms in total. The van der Waals surface area contributed by atoms with Gasteiger partial charge in [0.15, 0.2) is 0 Å². The molecule has 0 saturated heterocycles. The summed E-state index contributed by atoms with van der Waals surface area (Å²) in [6.07, 6.45) is 20.7. The van der Waals surface area contributed by atoms with Crippen LogP contribution in [0, 0.1) is 0 Å². The Morgan fingerprint density at radius 2 is 1.56 bits per heavy atom. The van der Waals surface area contributed by atoms with E-state index < -0.39 is 5.41 Å². The number of hydrogen-bond donors (Lipinski definition) is 0. The maximum absolute atomic E-state index is 4.78. The van der Waals surface area contributed by atoms with Gasteiger partial charge in [0.2, 0.25) is 0 Å². The van der Waals surface area contributed by atoms with Gasteiger partial charge in [0.1, 0.15) is 0 Å². The Bertz CT molecular complexity index is 2560. The van der Waals surface area contributed by atoms with Gasteiger partial charge < -0.3 is 9.80 Å². The Morgan fingerprint density at radius 1 is 0.842 bits per heavy atom. The molecule has 0 saturated carbocycles. The topological polar surface area (TPSA) is 6.48 Å². The molecule has 0 fully saturated rings. The van der Waals surface area contributed by atoms with Crippen LogP contribution in [-0.4, -0.2) is 7.05 Å². The van der Waals surface area contributed by atoms with Crippen LogP contribution in [0.4, 0.5) is 17.1 Å². The van der Waals surface area contributed by atoms with Crippen molar-refractivity contribution in [1.82, 2.24) is 0 Å². The maximum atomic E-state index is 4.78. The van der Waals surface area contributed by atoms with Gasteiger partial charge in [0.05, 0.1) is 22.0 Å². The van der Waals surface area contributed by atoms with E-state index in [1.165, 1.54) is 83.1 Å². The monoisotopic (exact) mass is 760 g/mol. The van der Waals surface area contributed by atoms with Crippen LogP contribution in [0.2, 0.25) is 0 Å². The van der Waals surface area contributed by atoms with Gasteiger partial charge in [-0.15, -0.1) is 17.5 Å². The van der Waals surface area contributed by atoms with Crippen LogP contribution in [-0.2, 0) is 5.41 Å². The third-order valence-corrected chi connectivity index (χ3v) is 12.9. The van der Waals surface area contributed by atoms with Crippen molar-refractivity contribution in [3.8, 4) is 11.1 Å². The van der Waals surface area contributed by atoms with Gasteiger partial charge in [-0.05, 0) is 100 Å². The number of para-hydroxylation sites is 1.